The molecular formula is C31H56N2O9. The first-order valence-electron chi connectivity index (χ1n) is 16.2. The Hall–Kier alpha value is -1.34. The van der Waals surface area contributed by atoms with Gasteiger partial charge in [-0.15, -0.1) is 0 Å². The van der Waals surface area contributed by atoms with Crippen LogP contribution in [0.25, 0.3) is 0 Å². The van der Waals surface area contributed by atoms with Crippen LogP contribution in [-0.2, 0) is 23.8 Å². The van der Waals surface area contributed by atoms with Gasteiger partial charge in [0.1, 0.15) is 24.4 Å². The monoisotopic (exact) mass is 600 g/mol. The Morgan fingerprint density at radius 2 is 1.74 bits per heavy atom. The summed E-state index contributed by atoms with van der Waals surface area (Å²) in [5, 5.41) is 42.3. The summed E-state index contributed by atoms with van der Waals surface area (Å²) in [4.78, 5) is 26.3. The van der Waals surface area contributed by atoms with Crippen LogP contribution < -0.4 is 5.32 Å². The van der Waals surface area contributed by atoms with Crippen LogP contribution in [-0.4, -0.2) is 113 Å². The van der Waals surface area contributed by atoms with E-state index in [1.54, 1.807) is 4.90 Å². The maximum atomic E-state index is 13.0. The van der Waals surface area contributed by atoms with Gasteiger partial charge in [0.25, 0.3) is 0 Å². The Morgan fingerprint density at radius 1 is 1.00 bits per heavy atom. The van der Waals surface area contributed by atoms with Crippen molar-refractivity contribution in [3.63, 3.8) is 0 Å². The second-order valence-electron chi connectivity index (χ2n) is 12.9. The molecule has 2 aliphatic heterocycles. The number of nitrogens with zero attached hydrogens (tertiary/aromatic N) is 1. The number of carbonyl (C=O) groups excluding carboxylic acids is 2. The van der Waals surface area contributed by atoms with E-state index in [0.29, 0.717) is 50.7 Å². The molecule has 3 fully saturated rings. The average molecular weight is 601 g/mol. The number of nitrogens with one attached hydrogen (secondary N) is 1. The smallest absolute Gasteiger partial charge is 0.222 e. The predicted molar refractivity (Wildman–Crippen MR) is 156 cm³/mol. The summed E-state index contributed by atoms with van der Waals surface area (Å²) in [5.74, 6) is 0.467. The second-order valence-corrected chi connectivity index (χ2v) is 12.9. The summed E-state index contributed by atoms with van der Waals surface area (Å²) >= 11 is 0. The van der Waals surface area contributed by atoms with Crippen molar-refractivity contribution in [2.45, 2.75) is 141 Å². The highest BCUT2D eigenvalue weighted by atomic mass is 16.7. The van der Waals surface area contributed by atoms with Crippen molar-refractivity contribution in [2.75, 3.05) is 33.0 Å². The van der Waals surface area contributed by atoms with Crippen molar-refractivity contribution in [1.29, 1.82) is 0 Å². The number of hydrogen-bond donors (Lipinski definition) is 5. The van der Waals surface area contributed by atoms with E-state index in [9.17, 15) is 30.0 Å². The number of aliphatic hydroxyl groups excluding tert-OH is 4. The molecule has 0 aromatic rings. The lowest BCUT2D eigenvalue weighted by Gasteiger charge is -2.43. The maximum absolute atomic E-state index is 13.0. The third-order valence-electron chi connectivity index (χ3n) is 9.63. The van der Waals surface area contributed by atoms with E-state index in [0.717, 1.165) is 12.3 Å². The molecule has 3 aliphatic rings. The molecular weight excluding hydrogens is 544 g/mol. The number of carbonyl (C=O) groups is 2. The topological polar surface area (TPSA) is 158 Å². The quantitative estimate of drug-likeness (QED) is 0.148. The summed E-state index contributed by atoms with van der Waals surface area (Å²) in [6.45, 7) is 6.91. The summed E-state index contributed by atoms with van der Waals surface area (Å²) in [7, 11) is 0. The minimum absolute atomic E-state index is 0.0193. The summed E-state index contributed by atoms with van der Waals surface area (Å²) in [6.07, 6.45) is 7.02. The summed E-state index contributed by atoms with van der Waals surface area (Å²) < 4.78 is 17.5. The highest BCUT2D eigenvalue weighted by Gasteiger charge is 2.45. The van der Waals surface area contributed by atoms with E-state index < -0.39 is 43.2 Å². The molecule has 2 amide bonds. The highest BCUT2D eigenvalue weighted by molar-refractivity contribution is 5.77. The summed E-state index contributed by atoms with van der Waals surface area (Å²) in [6, 6.07) is -1.17. The fourth-order valence-corrected chi connectivity index (χ4v) is 6.92. The molecule has 2 saturated heterocycles. The molecule has 1 aliphatic carbocycles. The molecule has 0 aromatic carbocycles. The first kappa shape index (κ1) is 35.1. The van der Waals surface area contributed by atoms with Gasteiger partial charge in [0.15, 0.2) is 6.29 Å². The van der Waals surface area contributed by atoms with Crippen LogP contribution in [0.5, 0.6) is 0 Å². The lowest BCUT2D eigenvalue weighted by molar-refractivity contribution is -0.270. The number of rotatable bonds is 18. The van der Waals surface area contributed by atoms with Crippen molar-refractivity contribution in [3.05, 3.63) is 0 Å². The fourth-order valence-electron chi connectivity index (χ4n) is 6.92. The maximum Gasteiger partial charge on any atom is 0.222 e. The van der Waals surface area contributed by atoms with E-state index in [1.807, 2.05) is 0 Å². The molecule has 244 valence electrons. The predicted octanol–water partition coefficient (Wildman–Crippen LogP) is 1.87. The lowest BCUT2D eigenvalue weighted by atomic mass is 9.62. The molecule has 0 aromatic heterocycles. The first-order chi connectivity index (χ1) is 20.1. The standard InChI is InChI=1S/C31H56N2O9/c1-4-13-31(3,22-10-8-11-22)14-9-16-40-24-17-23(19-34)33(18-24)26(37)12-6-5-7-15-41-30-27(32-21(2)36)29(39)28(38)25(20-35)42-30/h22-25,27-30,34-35,38-39H,4-20H2,1-3H3,(H,32,36)/t23-,24+,25?,27?,28?,29?,30?,31?/m0/s1. The van der Waals surface area contributed by atoms with Gasteiger partial charge >= 0.3 is 0 Å². The van der Waals surface area contributed by atoms with Crippen molar-refractivity contribution < 1.29 is 44.2 Å². The Balaban J connectivity index is 1.34. The molecule has 2 heterocycles. The molecule has 5 N–H and O–H groups in total. The Labute approximate surface area is 251 Å². The van der Waals surface area contributed by atoms with Gasteiger partial charge in [-0.1, -0.05) is 33.1 Å². The highest BCUT2D eigenvalue weighted by Crippen LogP contribution is 2.47. The Morgan fingerprint density at radius 3 is 2.36 bits per heavy atom. The minimum Gasteiger partial charge on any atom is -0.394 e. The van der Waals surface area contributed by atoms with E-state index in [-0.39, 0.29) is 31.3 Å². The largest absolute Gasteiger partial charge is 0.394 e. The van der Waals surface area contributed by atoms with Crippen LogP contribution in [0.3, 0.4) is 0 Å². The number of amides is 2. The molecule has 8 atom stereocenters. The SMILES string of the molecule is CCCC(C)(CCCO[C@@H]1C[C@@H](CO)N(C(=O)CCCCCOC2OC(CO)C(O)C(O)C2NC(C)=O)C1)C1CCC1. The van der Waals surface area contributed by atoms with Crippen molar-refractivity contribution in [3.8, 4) is 0 Å². The van der Waals surface area contributed by atoms with E-state index in [4.69, 9.17) is 14.2 Å². The molecule has 0 radical (unpaired) electrons. The second kappa shape index (κ2) is 17.2. The van der Waals surface area contributed by atoms with Crippen LogP contribution in [0.1, 0.15) is 97.8 Å². The number of unbranched alkanes of at least 4 members (excludes halogenated alkanes) is 2. The van der Waals surface area contributed by atoms with Crippen molar-refractivity contribution in [2.24, 2.45) is 11.3 Å². The Kier molecular flexibility index (Phi) is 14.4. The molecule has 0 bridgehead atoms. The number of likely N-dealkylation sites (tertiary alicyclic amines) is 1. The normalized spacial score (nSPS) is 31.5. The molecule has 11 heteroatoms. The zero-order valence-corrected chi connectivity index (χ0v) is 25.9. The van der Waals surface area contributed by atoms with Gasteiger partial charge in [0.05, 0.1) is 25.4 Å². The molecule has 3 rings (SSSR count). The zero-order valence-electron chi connectivity index (χ0n) is 25.9. The third-order valence-corrected chi connectivity index (χ3v) is 9.63. The lowest BCUT2D eigenvalue weighted by Crippen LogP contribution is -2.64. The van der Waals surface area contributed by atoms with Crippen LogP contribution in [0.2, 0.25) is 0 Å². The van der Waals surface area contributed by atoms with Crippen LogP contribution in [0.4, 0.5) is 0 Å². The zero-order chi connectivity index (χ0) is 30.7. The van der Waals surface area contributed by atoms with Gasteiger partial charge in [-0.3, -0.25) is 9.59 Å². The van der Waals surface area contributed by atoms with E-state index >= 15 is 0 Å². The molecule has 42 heavy (non-hydrogen) atoms. The van der Waals surface area contributed by atoms with Gasteiger partial charge in [0, 0.05) is 33.1 Å². The molecule has 11 nitrogen and oxygen atoms in total. The van der Waals surface area contributed by atoms with Crippen molar-refractivity contribution in [1.82, 2.24) is 10.2 Å². The Bertz CT molecular complexity index is 828. The number of ether oxygens (including phenoxy) is 3. The number of hydrogen-bond acceptors (Lipinski definition) is 9. The average Bonchev–Trinajstić information content (AvgIpc) is 3.34. The molecule has 1 saturated carbocycles. The van der Waals surface area contributed by atoms with Gasteiger partial charge < -0.3 is 44.9 Å². The van der Waals surface area contributed by atoms with Crippen molar-refractivity contribution >= 4 is 11.8 Å². The molecule has 6 unspecified atom stereocenters. The van der Waals surface area contributed by atoms with Gasteiger partial charge in [0.2, 0.25) is 11.8 Å². The van der Waals surface area contributed by atoms with Gasteiger partial charge in [-0.25, -0.2) is 0 Å². The van der Waals surface area contributed by atoms with Gasteiger partial charge in [-0.05, 0) is 62.7 Å². The summed E-state index contributed by atoms with van der Waals surface area (Å²) in [5.41, 5.74) is 0.412. The number of aliphatic hydroxyl groups is 4. The van der Waals surface area contributed by atoms with Crippen LogP contribution in [0, 0.1) is 11.3 Å². The van der Waals surface area contributed by atoms with E-state index in [1.165, 1.54) is 45.4 Å². The van der Waals surface area contributed by atoms with E-state index in [2.05, 4.69) is 19.2 Å². The fraction of sp³-hybridized carbons (Fsp3) is 0.935. The van der Waals surface area contributed by atoms with Crippen LogP contribution in [0.15, 0.2) is 0 Å². The van der Waals surface area contributed by atoms with Gasteiger partial charge in [-0.2, -0.15) is 0 Å². The minimum atomic E-state index is -1.35. The first-order valence-corrected chi connectivity index (χ1v) is 16.2. The van der Waals surface area contributed by atoms with Crippen LogP contribution >= 0.6 is 0 Å². The third kappa shape index (κ3) is 9.58. The molecule has 0 spiro atoms.